The van der Waals surface area contributed by atoms with Crippen molar-refractivity contribution < 1.29 is 8.98 Å². The first-order chi connectivity index (χ1) is 7.15. The van der Waals surface area contributed by atoms with Crippen LogP contribution in [0.25, 0.3) is 0 Å². The minimum atomic E-state index is -0.0953. The zero-order valence-electron chi connectivity index (χ0n) is 7.57. The number of rotatable bonds is 4. The second kappa shape index (κ2) is 6.66. The van der Waals surface area contributed by atoms with E-state index in [9.17, 15) is 4.79 Å². The molecule has 0 aliphatic carbocycles. The fourth-order valence-electron chi connectivity index (χ4n) is 0.904. The first-order valence-electron chi connectivity index (χ1n) is 4.03. The van der Waals surface area contributed by atoms with Crippen LogP contribution in [-0.2, 0) is 4.18 Å². The number of thiol groups is 1. The molecule has 0 amide bonds. The molecule has 0 aliphatic heterocycles. The van der Waals surface area contributed by atoms with E-state index in [1.165, 1.54) is 0 Å². The SMILES string of the molecule is O=C(SCCOS)c1ccc(Cl)cc1Cl. The van der Waals surface area contributed by atoms with E-state index in [0.29, 0.717) is 28.0 Å². The Labute approximate surface area is 108 Å². The van der Waals surface area contributed by atoms with Gasteiger partial charge in [-0.25, -0.2) is 0 Å². The fraction of sp³-hybridized carbons (Fsp3) is 0.222. The highest BCUT2D eigenvalue weighted by molar-refractivity contribution is 8.14. The average molecular weight is 283 g/mol. The Morgan fingerprint density at radius 3 is 2.80 bits per heavy atom. The van der Waals surface area contributed by atoms with Crippen LogP contribution in [0.15, 0.2) is 18.2 Å². The smallest absolute Gasteiger partial charge is 0.220 e. The predicted octanol–water partition coefficient (Wildman–Crippen LogP) is 3.73. The summed E-state index contributed by atoms with van der Waals surface area (Å²) >= 11 is 16.3. The molecule has 0 heterocycles. The van der Waals surface area contributed by atoms with E-state index in [1.807, 2.05) is 0 Å². The van der Waals surface area contributed by atoms with Crippen molar-refractivity contribution in [2.45, 2.75) is 0 Å². The zero-order chi connectivity index (χ0) is 11.3. The van der Waals surface area contributed by atoms with Crippen molar-refractivity contribution in [1.29, 1.82) is 0 Å². The molecule has 15 heavy (non-hydrogen) atoms. The van der Waals surface area contributed by atoms with E-state index in [4.69, 9.17) is 23.2 Å². The molecule has 82 valence electrons. The van der Waals surface area contributed by atoms with Crippen LogP contribution >= 0.6 is 47.9 Å². The van der Waals surface area contributed by atoms with Crippen molar-refractivity contribution in [3.63, 3.8) is 0 Å². The van der Waals surface area contributed by atoms with Gasteiger partial charge in [-0.15, -0.1) is 0 Å². The van der Waals surface area contributed by atoms with Crippen LogP contribution in [0, 0.1) is 0 Å². The van der Waals surface area contributed by atoms with Gasteiger partial charge < -0.3 is 4.18 Å². The summed E-state index contributed by atoms with van der Waals surface area (Å²) in [6, 6.07) is 4.80. The number of carbonyl (C=O) groups is 1. The Morgan fingerprint density at radius 2 is 2.20 bits per heavy atom. The lowest BCUT2D eigenvalue weighted by Gasteiger charge is -2.02. The molecule has 0 radical (unpaired) electrons. The highest BCUT2D eigenvalue weighted by atomic mass is 35.5. The Bertz CT molecular complexity index is 358. The Morgan fingerprint density at radius 1 is 1.47 bits per heavy atom. The highest BCUT2D eigenvalue weighted by Crippen LogP contribution is 2.24. The molecular weight excluding hydrogens is 275 g/mol. The standard InChI is InChI=1S/C9H8Cl2O2S2/c10-6-1-2-7(8(11)5-6)9(12)15-4-3-13-14/h1-2,5,14H,3-4H2. The number of halogens is 2. The molecule has 0 saturated carbocycles. The lowest BCUT2D eigenvalue weighted by molar-refractivity contribution is 0.108. The Hall–Kier alpha value is 0.130. The lowest BCUT2D eigenvalue weighted by Crippen LogP contribution is -1.98. The predicted molar refractivity (Wildman–Crippen MR) is 68.2 cm³/mol. The molecule has 2 nitrogen and oxygen atoms in total. The zero-order valence-corrected chi connectivity index (χ0v) is 10.8. The molecule has 0 atom stereocenters. The van der Waals surface area contributed by atoms with Crippen molar-refractivity contribution in [3.05, 3.63) is 33.8 Å². The van der Waals surface area contributed by atoms with Gasteiger partial charge in [-0.2, -0.15) is 0 Å². The topological polar surface area (TPSA) is 26.3 Å². The third-order valence-corrected chi connectivity index (χ3v) is 3.14. The number of carbonyl (C=O) groups excluding carboxylic acids is 1. The van der Waals surface area contributed by atoms with Gasteiger partial charge >= 0.3 is 0 Å². The first-order valence-corrected chi connectivity index (χ1v) is 6.14. The van der Waals surface area contributed by atoms with Crippen LogP contribution in [0.1, 0.15) is 10.4 Å². The number of thioether (sulfide) groups is 1. The van der Waals surface area contributed by atoms with E-state index < -0.39 is 0 Å². The van der Waals surface area contributed by atoms with E-state index >= 15 is 0 Å². The summed E-state index contributed by atoms with van der Waals surface area (Å²) in [6.07, 6.45) is 0. The number of hydrogen-bond acceptors (Lipinski definition) is 4. The third kappa shape index (κ3) is 4.25. The van der Waals surface area contributed by atoms with E-state index in [-0.39, 0.29) is 5.12 Å². The van der Waals surface area contributed by atoms with Crippen LogP contribution in [0.2, 0.25) is 10.0 Å². The number of hydrogen-bond donors (Lipinski definition) is 1. The van der Waals surface area contributed by atoms with Gasteiger partial charge in [0.05, 0.1) is 11.6 Å². The maximum absolute atomic E-state index is 11.6. The molecule has 0 fully saturated rings. The van der Waals surface area contributed by atoms with Crippen LogP contribution in [0.3, 0.4) is 0 Å². The van der Waals surface area contributed by atoms with Gasteiger partial charge in [-0.3, -0.25) is 4.79 Å². The van der Waals surface area contributed by atoms with E-state index in [0.717, 1.165) is 11.8 Å². The molecule has 1 aromatic rings. The molecule has 0 spiro atoms. The summed E-state index contributed by atoms with van der Waals surface area (Å²) < 4.78 is 4.54. The summed E-state index contributed by atoms with van der Waals surface area (Å²) in [4.78, 5) is 11.6. The summed E-state index contributed by atoms with van der Waals surface area (Å²) in [5, 5.41) is 0.786. The highest BCUT2D eigenvalue weighted by Gasteiger charge is 2.10. The average Bonchev–Trinajstić information content (AvgIpc) is 2.17. The Kier molecular flexibility index (Phi) is 5.86. The van der Waals surface area contributed by atoms with Gasteiger partial charge in [0.1, 0.15) is 0 Å². The molecule has 0 saturated heterocycles. The quantitative estimate of drug-likeness (QED) is 0.518. The van der Waals surface area contributed by atoms with Gasteiger partial charge in [0.15, 0.2) is 0 Å². The summed E-state index contributed by atoms with van der Waals surface area (Å²) in [5.41, 5.74) is 0.463. The van der Waals surface area contributed by atoms with Crippen LogP contribution < -0.4 is 0 Å². The summed E-state index contributed by atoms with van der Waals surface area (Å²) in [5.74, 6) is 0.543. The molecule has 0 unspecified atom stereocenters. The summed E-state index contributed by atoms with van der Waals surface area (Å²) in [6.45, 7) is 0.407. The molecule has 1 aromatic carbocycles. The molecule has 0 aromatic heterocycles. The van der Waals surface area contributed by atoms with E-state index in [1.54, 1.807) is 18.2 Å². The Balaban J connectivity index is 2.65. The van der Waals surface area contributed by atoms with Gasteiger partial charge in [0.2, 0.25) is 5.12 Å². The fourth-order valence-corrected chi connectivity index (χ4v) is 2.36. The molecular formula is C9H8Cl2O2S2. The van der Waals surface area contributed by atoms with Crippen molar-refractivity contribution >= 4 is 53.0 Å². The molecule has 1 rings (SSSR count). The van der Waals surface area contributed by atoms with Crippen molar-refractivity contribution in [2.24, 2.45) is 0 Å². The molecule has 0 bridgehead atoms. The number of benzene rings is 1. The minimum Gasteiger partial charge on any atom is -0.318 e. The van der Waals surface area contributed by atoms with Crippen LogP contribution in [0.4, 0.5) is 0 Å². The van der Waals surface area contributed by atoms with Crippen molar-refractivity contribution in [1.82, 2.24) is 0 Å². The van der Waals surface area contributed by atoms with Crippen molar-refractivity contribution in [2.75, 3.05) is 12.4 Å². The maximum atomic E-state index is 11.6. The molecule has 0 aliphatic rings. The monoisotopic (exact) mass is 282 g/mol. The van der Waals surface area contributed by atoms with Gasteiger partial charge in [-0.05, 0) is 31.1 Å². The minimum absolute atomic E-state index is 0.0953. The molecule has 0 N–H and O–H groups in total. The lowest BCUT2D eigenvalue weighted by atomic mass is 10.2. The second-order valence-corrected chi connectivity index (χ2v) is 4.76. The maximum Gasteiger partial charge on any atom is 0.220 e. The summed E-state index contributed by atoms with van der Waals surface area (Å²) in [7, 11) is 0. The van der Waals surface area contributed by atoms with Gasteiger partial charge in [0, 0.05) is 16.3 Å². The second-order valence-electron chi connectivity index (χ2n) is 2.59. The van der Waals surface area contributed by atoms with Gasteiger partial charge in [-0.1, -0.05) is 35.0 Å². The third-order valence-electron chi connectivity index (χ3n) is 1.56. The van der Waals surface area contributed by atoms with Crippen LogP contribution in [0.5, 0.6) is 0 Å². The largest absolute Gasteiger partial charge is 0.318 e. The normalized spacial score (nSPS) is 10.3. The first kappa shape index (κ1) is 13.2. The van der Waals surface area contributed by atoms with Crippen LogP contribution in [-0.4, -0.2) is 17.5 Å². The van der Waals surface area contributed by atoms with Crippen molar-refractivity contribution in [3.8, 4) is 0 Å². The molecule has 6 heteroatoms. The van der Waals surface area contributed by atoms with Gasteiger partial charge in [0.25, 0.3) is 0 Å². The van der Waals surface area contributed by atoms with E-state index in [2.05, 4.69) is 17.1 Å².